The van der Waals surface area contributed by atoms with Crippen LogP contribution in [0.4, 0.5) is 0 Å². The summed E-state index contributed by atoms with van der Waals surface area (Å²) < 4.78 is 2.34. The Morgan fingerprint density at radius 1 is 1.64 bits per heavy atom. The average Bonchev–Trinajstić information content (AvgIpc) is 2.33. The lowest BCUT2D eigenvalue weighted by atomic mass is 10.0. The van der Waals surface area contributed by atoms with Crippen molar-refractivity contribution in [3.8, 4) is 0 Å². The minimum absolute atomic E-state index is 0.829. The van der Waals surface area contributed by atoms with Gasteiger partial charge in [0.15, 0.2) is 0 Å². The third-order valence-corrected chi connectivity index (χ3v) is 2.53. The van der Waals surface area contributed by atoms with Gasteiger partial charge in [-0.15, -0.1) is 0 Å². The molecule has 0 saturated heterocycles. The van der Waals surface area contributed by atoms with Gasteiger partial charge in [0, 0.05) is 18.4 Å². The van der Waals surface area contributed by atoms with E-state index in [1.165, 1.54) is 30.9 Å². The van der Waals surface area contributed by atoms with E-state index in [2.05, 4.69) is 23.4 Å². The van der Waals surface area contributed by atoms with Crippen molar-refractivity contribution in [1.82, 2.24) is 9.55 Å². The lowest BCUT2D eigenvalue weighted by Crippen LogP contribution is -2.18. The molecule has 0 spiro atoms. The van der Waals surface area contributed by atoms with Crippen LogP contribution in [0.15, 0.2) is 6.20 Å². The van der Waals surface area contributed by atoms with Crippen LogP contribution in [0.1, 0.15) is 24.9 Å². The van der Waals surface area contributed by atoms with E-state index in [-0.39, 0.29) is 0 Å². The second kappa shape index (κ2) is 2.36. The van der Waals surface area contributed by atoms with E-state index >= 15 is 0 Å². The van der Waals surface area contributed by atoms with Crippen molar-refractivity contribution >= 4 is 0 Å². The molecule has 2 nitrogen and oxygen atoms in total. The number of aryl methyl sites for hydroxylation is 2. The number of rotatable bonds is 0. The van der Waals surface area contributed by atoms with Crippen LogP contribution in [0, 0.1) is 12.8 Å². The van der Waals surface area contributed by atoms with Crippen LogP contribution >= 0.6 is 0 Å². The number of fused-ring (bicyclic) bond motifs is 1. The van der Waals surface area contributed by atoms with E-state index in [1.807, 2.05) is 6.20 Å². The van der Waals surface area contributed by atoms with Crippen molar-refractivity contribution in [2.75, 3.05) is 0 Å². The maximum atomic E-state index is 4.30. The largest absolute Gasteiger partial charge is 0.332 e. The Balaban J connectivity index is 2.37. The molecule has 2 heterocycles. The van der Waals surface area contributed by atoms with E-state index < -0.39 is 0 Å². The number of imidazole rings is 1. The molecule has 1 aromatic rings. The predicted octanol–water partition coefficient (Wildman–Crippen LogP) is 1.77. The lowest BCUT2D eigenvalue weighted by Gasteiger charge is -2.21. The Bertz CT molecular complexity index is 263. The smallest absolute Gasteiger partial charge is 0.105 e. The Hall–Kier alpha value is -0.790. The van der Waals surface area contributed by atoms with Crippen molar-refractivity contribution in [1.29, 1.82) is 0 Å². The summed E-state index contributed by atoms with van der Waals surface area (Å²) in [7, 11) is 0. The normalized spacial score (nSPS) is 23.3. The standard InChI is InChI=1S/C9H14N2/c1-7-3-4-9-5-10-8(2)11(9)6-7/h5,7H,3-4,6H2,1-2H3. The number of hydrogen-bond acceptors (Lipinski definition) is 1. The molecule has 0 radical (unpaired) electrons. The van der Waals surface area contributed by atoms with Crippen molar-refractivity contribution in [3.63, 3.8) is 0 Å². The SMILES string of the molecule is Cc1ncc2n1CC(C)CC2. The maximum absolute atomic E-state index is 4.30. The fourth-order valence-electron chi connectivity index (χ4n) is 1.76. The number of nitrogens with zero attached hydrogens (tertiary/aromatic N) is 2. The summed E-state index contributed by atoms with van der Waals surface area (Å²) in [5, 5.41) is 0. The van der Waals surface area contributed by atoms with E-state index in [0.717, 1.165) is 5.92 Å². The summed E-state index contributed by atoms with van der Waals surface area (Å²) in [6.45, 7) is 5.56. The van der Waals surface area contributed by atoms with Gasteiger partial charge in [0.05, 0.1) is 0 Å². The van der Waals surface area contributed by atoms with Crippen LogP contribution in [-0.4, -0.2) is 9.55 Å². The molecule has 0 aromatic carbocycles. The minimum atomic E-state index is 0.829. The molecule has 1 aliphatic rings. The zero-order valence-corrected chi connectivity index (χ0v) is 7.17. The molecule has 60 valence electrons. The van der Waals surface area contributed by atoms with Crippen LogP contribution in [0.5, 0.6) is 0 Å². The molecule has 2 rings (SSSR count). The molecule has 0 aliphatic carbocycles. The van der Waals surface area contributed by atoms with Gasteiger partial charge in [0.25, 0.3) is 0 Å². The highest BCUT2D eigenvalue weighted by molar-refractivity contribution is 5.07. The van der Waals surface area contributed by atoms with Crippen LogP contribution in [0.3, 0.4) is 0 Å². The quantitative estimate of drug-likeness (QED) is 0.551. The molecule has 0 fully saturated rings. The summed E-state index contributed by atoms with van der Waals surface area (Å²) >= 11 is 0. The lowest BCUT2D eigenvalue weighted by molar-refractivity contribution is 0.394. The van der Waals surface area contributed by atoms with Gasteiger partial charge in [-0.25, -0.2) is 4.98 Å². The molecule has 1 aliphatic heterocycles. The molecule has 1 aromatic heterocycles. The Labute approximate surface area is 67.3 Å². The number of hydrogen-bond donors (Lipinski definition) is 0. The summed E-state index contributed by atoms with van der Waals surface area (Å²) in [6.07, 6.45) is 4.55. The highest BCUT2D eigenvalue weighted by Gasteiger charge is 2.15. The first-order valence-electron chi connectivity index (χ1n) is 4.28. The first kappa shape index (κ1) is 6.89. The topological polar surface area (TPSA) is 17.8 Å². The first-order chi connectivity index (χ1) is 5.27. The monoisotopic (exact) mass is 150 g/mol. The third-order valence-electron chi connectivity index (χ3n) is 2.53. The van der Waals surface area contributed by atoms with Crippen LogP contribution in [0.2, 0.25) is 0 Å². The summed E-state index contributed by atoms with van der Waals surface area (Å²) in [4.78, 5) is 4.30. The van der Waals surface area contributed by atoms with E-state index in [0.29, 0.717) is 0 Å². The van der Waals surface area contributed by atoms with Crippen molar-refractivity contribution in [2.24, 2.45) is 5.92 Å². The summed E-state index contributed by atoms with van der Waals surface area (Å²) in [5.74, 6) is 2.00. The van der Waals surface area contributed by atoms with E-state index in [1.54, 1.807) is 0 Å². The fraction of sp³-hybridized carbons (Fsp3) is 0.667. The van der Waals surface area contributed by atoms with Crippen molar-refractivity contribution in [3.05, 3.63) is 17.7 Å². The minimum Gasteiger partial charge on any atom is -0.332 e. The second-order valence-corrected chi connectivity index (χ2v) is 3.55. The third kappa shape index (κ3) is 1.06. The van der Waals surface area contributed by atoms with Crippen LogP contribution in [-0.2, 0) is 13.0 Å². The zero-order valence-electron chi connectivity index (χ0n) is 7.17. The first-order valence-corrected chi connectivity index (χ1v) is 4.28. The number of aromatic nitrogens is 2. The summed E-state index contributed by atoms with van der Waals surface area (Å²) in [6, 6.07) is 0. The second-order valence-electron chi connectivity index (χ2n) is 3.55. The molecule has 0 saturated carbocycles. The van der Waals surface area contributed by atoms with Gasteiger partial charge in [-0.2, -0.15) is 0 Å². The fourth-order valence-corrected chi connectivity index (χ4v) is 1.76. The van der Waals surface area contributed by atoms with Gasteiger partial charge in [0.2, 0.25) is 0 Å². The van der Waals surface area contributed by atoms with Crippen LogP contribution < -0.4 is 0 Å². The molecule has 1 atom stereocenters. The van der Waals surface area contributed by atoms with Crippen LogP contribution in [0.25, 0.3) is 0 Å². The molecular formula is C9H14N2. The highest BCUT2D eigenvalue weighted by Crippen LogP contribution is 2.20. The zero-order chi connectivity index (χ0) is 7.84. The molecule has 2 heteroatoms. The van der Waals surface area contributed by atoms with Crippen molar-refractivity contribution in [2.45, 2.75) is 33.2 Å². The molecule has 0 N–H and O–H groups in total. The maximum Gasteiger partial charge on any atom is 0.105 e. The van der Waals surface area contributed by atoms with Gasteiger partial charge in [-0.1, -0.05) is 6.92 Å². The van der Waals surface area contributed by atoms with Gasteiger partial charge in [-0.3, -0.25) is 0 Å². The highest BCUT2D eigenvalue weighted by atomic mass is 15.1. The van der Waals surface area contributed by atoms with E-state index in [9.17, 15) is 0 Å². The van der Waals surface area contributed by atoms with Gasteiger partial charge in [0.1, 0.15) is 5.82 Å². The van der Waals surface area contributed by atoms with Gasteiger partial charge < -0.3 is 4.57 Å². The Kier molecular flexibility index (Phi) is 1.48. The van der Waals surface area contributed by atoms with Gasteiger partial charge >= 0.3 is 0 Å². The molecule has 0 bridgehead atoms. The molecule has 11 heavy (non-hydrogen) atoms. The Morgan fingerprint density at radius 2 is 2.45 bits per heavy atom. The molecule has 1 unspecified atom stereocenters. The molecule has 0 amide bonds. The van der Waals surface area contributed by atoms with Crippen molar-refractivity contribution < 1.29 is 0 Å². The summed E-state index contributed by atoms with van der Waals surface area (Å²) in [5.41, 5.74) is 1.42. The Morgan fingerprint density at radius 3 is 3.27 bits per heavy atom. The molecular weight excluding hydrogens is 136 g/mol. The average molecular weight is 150 g/mol. The van der Waals surface area contributed by atoms with E-state index in [4.69, 9.17) is 0 Å². The van der Waals surface area contributed by atoms with Gasteiger partial charge in [-0.05, 0) is 25.7 Å². The predicted molar refractivity (Wildman–Crippen MR) is 44.4 cm³/mol.